The van der Waals surface area contributed by atoms with Gasteiger partial charge in [-0.1, -0.05) is 0 Å². The number of nitrogens with zero attached hydrogens (tertiary/aromatic N) is 8. The van der Waals surface area contributed by atoms with Gasteiger partial charge in [0.1, 0.15) is 11.0 Å². The number of aliphatic hydroxyl groups excluding tert-OH is 4. The molecule has 2 saturated heterocycles. The van der Waals surface area contributed by atoms with Crippen molar-refractivity contribution in [2.45, 2.75) is 48.8 Å². The van der Waals surface area contributed by atoms with Crippen LogP contribution in [0.25, 0.3) is 11.0 Å². The number of anilines is 2. The number of rotatable bonds is 18. The Kier molecular flexibility index (Phi) is 13.5. The molecule has 22 heteroatoms. The van der Waals surface area contributed by atoms with E-state index in [-0.39, 0.29) is 31.9 Å². The first-order valence-electron chi connectivity index (χ1n) is 14.8. The van der Waals surface area contributed by atoms with Crippen LogP contribution >= 0.6 is 0 Å². The van der Waals surface area contributed by atoms with Crippen molar-refractivity contribution in [3.63, 3.8) is 0 Å². The van der Waals surface area contributed by atoms with Gasteiger partial charge in [-0.25, -0.2) is 9.97 Å². The average Bonchev–Trinajstić information content (AvgIpc) is 3.07. The molecule has 2 aliphatic rings. The average molecular weight is 697 g/mol. The van der Waals surface area contributed by atoms with Crippen molar-refractivity contribution >= 4 is 42.7 Å². The molecular formula is C24H40N8O12S2. The van der Waals surface area contributed by atoms with Crippen molar-refractivity contribution in [3.05, 3.63) is 0 Å². The molecule has 0 bridgehead atoms. The first-order chi connectivity index (χ1) is 22.2. The molecule has 2 aromatic heterocycles. The zero-order valence-electron chi connectivity index (χ0n) is 25.2. The Morgan fingerprint density at radius 2 is 0.826 bits per heavy atom. The lowest BCUT2D eigenvalue weighted by Gasteiger charge is -2.31. The number of aromatic nitrogens is 4. The normalized spacial score (nSPS) is 16.7. The summed E-state index contributed by atoms with van der Waals surface area (Å²) < 4.78 is 55.3. The fourth-order valence-electron chi connectivity index (χ4n) is 4.78. The summed E-state index contributed by atoms with van der Waals surface area (Å²) in [6.07, 6.45) is 4.79. The van der Waals surface area contributed by atoms with Gasteiger partial charge in [0, 0.05) is 26.2 Å². The highest BCUT2D eigenvalue weighted by molar-refractivity contribution is 7.88. The van der Waals surface area contributed by atoms with Crippen molar-refractivity contribution in [3.8, 4) is 0 Å². The molecule has 0 atom stereocenters. The zero-order chi connectivity index (χ0) is 33.2. The van der Waals surface area contributed by atoms with Gasteiger partial charge in [-0.3, -0.25) is 19.4 Å². The summed E-state index contributed by atoms with van der Waals surface area (Å²) in [6.45, 7) is -2.23. The first-order valence-corrected chi connectivity index (χ1v) is 17.7. The monoisotopic (exact) mass is 696 g/mol. The van der Waals surface area contributed by atoms with Crippen LogP contribution in [0.4, 0.5) is 11.6 Å². The molecule has 0 aromatic carbocycles. The molecule has 20 nitrogen and oxygen atoms in total. The quantitative estimate of drug-likeness (QED) is 0.0979. The van der Waals surface area contributed by atoms with Gasteiger partial charge in [-0.15, -0.1) is 0 Å². The van der Waals surface area contributed by atoms with Crippen molar-refractivity contribution in [2.24, 2.45) is 0 Å². The fourth-order valence-corrected chi connectivity index (χ4v) is 6.71. The van der Waals surface area contributed by atoms with Crippen molar-refractivity contribution < 1.29 is 56.6 Å². The maximum absolute atomic E-state index is 13.8. The summed E-state index contributed by atoms with van der Waals surface area (Å²) in [5.74, 6) is 0.0347. The van der Waals surface area contributed by atoms with E-state index in [1.165, 1.54) is 0 Å². The molecule has 2 aromatic rings. The van der Waals surface area contributed by atoms with Crippen LogP contribution in [-0.2, 0) is 39.4 Å². The third-order valence-electron chi connectivity index (χ3n) is 6.78. The van der Waals surface area contributed by atoms with Crippen molar-refractivity contribution in [2.75, 3.05) is 88.8 Å². The molecule has 2 fully saturated rings. The minimum Gasteiger partial charge on any atom is -0.394 e. The number of piperidine rings is 2. The van der Waals surface area contributed by atoms with E-state index in [0.29, 0.717) is 26.2 Å². The molecule has 0 saturated carbocycles. The summed E-state index contributed by atoms with van der Waals surface area (Å²) in [5.41, 5.74) is -0.114. The summed E-state index contributed by atoms with van der Waals surface area (Å²) in [6, 6.07) is 0. The highest BCUT2D eigenvalue weighted by atomic mass is 32.2. The van der Waals surface area contributed by atoms with Crippen LogP contribution < -0.4 is 9.80 Å². The molecule has 4 rings (SSSR count). The van der Waals surface area contributed by atoms with E-state index in [9.17, 15) is 37.3 Å². The second-order valence-corrected chi connectivity index (χ2v) is 13.3. The SMILES string of the molecule is O=S(=O)(c1nc(N2CCCCC2)c2nc(S(=O)(=O)N(OCCO)OCCO)nc(N3CCCCC3)c2n1)N(OCCO)OCCO. The summed E-state index contributed by atoms with van der Waals surface area (Å²) in [4.78, 5) is 41.2. The van der Waals surface area contributed by atoms with Gasteiger partial charge >= 0.3 is 20.0 Å². The van der Waals surface area contributed by atoms with Gasteiger partial charge in [-0.05, 0) is 38.5 Å². The Balaban J connectivity index is 1.98. The summed E-state index contributed by atoms with van der Waals surface area (Å²) in [5, 5.41) is 35.4. The molecule has 0 unspecified atom stereocenters. The molecule has 2 aliphatic heterocycles. The van der Waals surface area contributed by atoms with Crippen LogP contribution in [0.5, 0.6) is 0 Å². The zero-order valence-corrected chi connectivity index (χ0v) is 26.8. The Labute approximate surface area is 266 Å². The first kappa shape index (κ1) is 36.4. The minimum atomic E-state index is -4.79. The topological polar surface area (TPSA) is 251 Å². The predicted octanol–water partition coefficient (Wildman–Crippen LogP) is -1.92. The van der Waals surface area contributed by atoms with Gasteiger partial charge < -0.3 is 30.2 Å². The second kappa shape index (κ2) is 17.1. The van der Waals surface area contributed by atoms with Crippen LogP contribution in [0.15, 0.2) is 10.3 Å². The maximum Gasteiger partial charge on any atom is 0.324 e. The standard InChI is InChI=1S/C24H40N8O12S2/c33-11-15-41-31(42-16-12-34)45(37,38)23-26-20-19(21(27-23)29-7-3-1-4-8-29)25-24(28-22(20)30-9-5-2-6-10-30)46(39,40)32(43-17-13-35)44-18-14-36/h33-36H,1-18H2. The largest absolute Gasteiger partial charge is 0.394 e. The van der Waals surface area contributed by atoms with Crippen LogP contribution in [0.3, 0.4) is 0 Å². The van der Waals surface area contributed by atoms with Crippen LogP contribution in [-0.4, -0.2) is 145 Å². The molecule has 0 spiro atoms. The van der Waals surface area contributed by atoms with Gasteiger partial charge in [0.2, 0.25) is 0 Å². The van der Waals surface area contributed by atoms with Crippen LogP contribution in [0.1, 0.15) is 38.5 Å². The number of hydrogen-bond donors (Lipinski definition) is 4. The molecule has 260 valence electrons. The van der Waals surface area contributed by atoms with Crippen LogP contribution in [0.2, 0.25) is 0 Å². The Morgan fingerprint density at radius 3 is 1.11 bits per heavy atom. The highest BCUT2D eigenvalue weighted by Gasteiger charge is 2.37. The molecule has 0 amide bonds. The highest BCUT2D eigenvalue weighted by Crippen LogP contribution is 2.34. The van der Waals surface area contributed by atoms with Crippen molar-refractivity contribution in [1.29, 1.82) is 0 Å². The lowest BCUT2D eigenvalue weighted by molar-refractivity contribution is -0.305. The van der Waals surface area contributed by atoms with E-state index in [0.717, 1.165) is 38.5 Å². The van der Waals surface area contributed by atoms with E-state index < -0.39 is 83.2 Å². The molecular weight excluding hydrogens is 656 g/mol. The van der Waals surface area contributed by atoms with Crippen molar-refractivity contribution in [1.82, 2.24) is 29.2 Å². The fraction of sp³-hybridized carbons (Fsp3) is 0.750. The number of sulfonamides is 2. The van der Waals surface area contributed by atoms with Crippen LogP contribution in [0, 0.1) is 0 Å². The Hall–Kier alpha value is -2.48. The molecule has 0 radical (unpaired) electrons. The third-order valence-corrected chi connectivity index (χ3v) is 9.28. The summed E-state index contributed by atoms with van der Waals surface area (Å²) >= 11 is 0. The van der Waals surface area contributed by atoms with Gasteiger partial charge in [0.15, 0.2) is 11.6 Å². The van der Waals surface area contributed by atoms with E-state index in [2.05, 4.69) is 19.9 Å². The van der Waals surface area contributed by atoms with E-state index in [1.54, 1.807) is 9.80 Å². The minimum absolute atomic E-state index is 0.0174. The number of hydrogen-bond acceptors (Lipinski definition) is 18. The van der Waals surface area contributed by atoms with Gasteiger partial charge in [0.05, 0.1) is 62.1 Å². The second-order valence-electron chi connectivity index (χ2n) is 10.1. The number of aliphatic hydroxyl groups is 4. The molecule has 4 heterocycles. The Morgan fingerprint density at radius 1 is 0.522 bits per heavy atom. The smallest absolute Gasteiger partial charge is 0.324 e. The van der Waals surface area contributed by atoms with E-state index in [1.807, 2.05) is 0 Å². The third kappa shape index (κ3) is 8.51. The predicted molar refractivity (Wildman–Crippen MR) is 157 cm³/mol. The van der Waals surface area contributed by atoms with E-state index >= 15 is 0 Å². The molecule has 4 N–H and O–H groups in total. The number of fused-ring (bicyclic) bond motifs is 1. The van der Waals surface area contributed by atoms with E-state index in [4.69, 9.17) is 19.4 Å². The molecule has 46 heavy (non-hydrogen) atoms. The summed E-state index contributed by atoms with van der Waals surface area (Å²) in [7, 11) is -9.58. The maximum atomic E-state index is 13.8. The lowest BCUT2D eigenvalue weighted by Crippen LogP contribution is -2.37. The van der Waals surface area contributed by atoms with Gasteiger partial charge in [0.25, 0.3) is 10.3 Å². The molecule has 0 aliphatic carbocycles. The Bertz CT molecular complexity index is 1360. The lowest BCUT2D eigenvalue weighted by atomic mass is 10.1. The van der Waals surface area contributed by atoms with Gasteiger partial charge in [-0.2, -0.15) is 26.8 Å².